The van der Waals surface area contributed by atoms with Gasteiger partial charge in [0.15, 0.2) is 0 Å². The van der Waals surface area contributed by atoms with Gasteiger partial charge in [-0.3, -0.25) is 0 Å². The van der Waals surface area contributed by atoms with Crippen LogP contribution >= 0.6 is 23.2 Å². The summed E-state index contributed by atoms with van der Waals surface area (Å²) in [6.07, 6.45) is 3.82. The number of hydrogen-bond donors (Lipinski definition) is 0. The average molecular weight is 314 g/mol. The first-order valence-electron chi connectivity index (χ1n) is 6.96. The quantitative estimate of drug-likeness (QED) is 0.653. The van der Waals surface area contributed by atoms with Crippen molar-refractivity contribution >= 4 is 28.8 Å². The zero-order chi connectivity index (χ0) is 14.7. The van der Waals surface area contributed by atoms with E-state index < -0.39 is 0 Å². The van der Waals surface area contributed by atoms with Crippen LogP contribution in [0, 0.1) is 6.42 Å². The average Bonchev–Trinajstić information content (AvgIpc) is 2.54. The molecule has 0 amide bonds. The largest absolute Gasteiger partial charge is 0.0827 e. The zero-order valence-corrected chi connectivity index (χ0v) is 13.0. The minimum absolute atomic E-state index is 0.672. The first-order chi connectivity index (χ1) is 10.3. The molecule has 0 atom stereocenters. The lowest BCUT2D eigenvalue weighted by atomic mass is 9.90. The maximum atomic E-state index is 6.50. The van der Waals surface area contributed by atoms with Gasteiger partial charge in [0.2, 0.25) is 0 Å². The molecule has 0 bridgehead atoms. The molecule has 2 heteroatoms. The molecule has 0 fully saturated rings. The van der Waals surface area contributed by atoms with Crippen LogP contribution in [0.3, 0.4) is 0 Å². The molecular formula is C19H15Cl2. The zero-order valence-electron chi connectivity index (χ0n) is 11.5. The van der Waals surface area contributed by atoms with Gasteiger partial charge in [-0.2, -0.15) is 0 Å². The summed E-state index contributed by atoms with van der Waals surface area (Å²) < 4.78 is 0. The summed E-state index contributed by atoms with van der Waals surface area (Å²) in [6.45, 7) is 0. The van der Waals surface area contributed by atoms with Crippen LogP contribution in [-0.2, 0) is 6.42 Å². The van der Waals surface area contributed by atoms with E-state index in [4.69, 9.17) is 23.2 Å². The summed E-state index contributed by atoms with van der Waals surface area (Å²) in [7, 11) is 0. The molecule has 0 unspecified atom stereocenters. The second-order valence-corrected chi connectivity index (χ2v) is 5.82. The highest BCUT2D eigenvalue weighted by molar-refractivity contribution is 6.46. The van der Waals surface area contributed by atoms with E-state index in [0.717, 1.165) is 29.6 Å². The van der Waals surface area contributed by atoms with Crippen molar-refractivity contribution in [2.75, 3.05) is 0 Å². The Labute approximate surface area is 135 Å². The van der Waals surface area contributed by atoms with Gasteiger partial charge in [0.1, 0.15) is 0 Å². The smallest absolute Gasteiger partial charge is 0.0630 e. The lowest BCUT2D eigenvalue weighted by Gasteiger charge is -2.20. The molecule has 3 rings (SSSR count). The van der Waals surface area contributed by atoms with E-state index in [2.05, 4.69) is 30.7 Å². The van der Waals surface area contributed by atoms with Gasteiger partial charge >= 0.3 is 0 Å². The second kappa shape index (κ2) is 6.51. The standard InChI is InChI=1S/C19H15Cl2/c20-18-16(13-14-7-3-1-4-8-14)11-12-17(19(18)21)15-9-5-2-6-10-15/h1-11H,12-13H2. The van der Waals surface area contributed by atoms with Crippen LogP contribution in [0.2, 0.25) is 0 Å². The summed E-state index contributed by atoms with van der Waals surface area (Å²) in [4.78, 5) is 0. The van der Waals surface area contributed by atoms with Crippen LogP contribution in [0.25, 0.3) is 5.57 Å². The van der Waals surface area contributed by atoms with E-state index in [1.165, 1.54) is 5.56 Å². The third-order valence-electron chi connectivity index (χ3n) is 3.65. The van der Waals surface area contributed by atoms with E-state index in [1.807, 2.05) is 36.4 Å². The van der Waals surface area contributed by atoms with Crippen LogP contribution in [0.15, 0.2) is 76.3 Å². The fourth-order valence-corrected chi connectivity index (χ4v) is 3.09. The monoisotopic (exact) mass is 313 g/mol. The molecule has 105 valence electrons. The minimum Gasteiger partial charge on any atom is -0.0827 e. The first kappa shape index (κ1) is 14.4. The highest BCUT2D eigenvalue weighted by Gasteiger charge is 2.20. The molecule has 21 heavy (non-hydrogen) atoms. The molecule has 1 aliphatic carbocycles. The predicted molar refractivity (Wildman–Crippen MR) is 91.2 cm³/mol. The lowest BCUT2D eigenvalue weighted by molar-refractivity contribution is 1.08. The topological polar surface area (TPSA) is 0 Å². The van der Waals surface area contributed by atoms with Gasteiger partial charge in [0.05, 0.1) is 10.1 Å². The molecule has 0 saturated heterocycles. The summed E-state index contributed by atoms with van der Waals surface area (Å²) in [6, 6.07) is 20.5. The third-order valence-corrected chi connectivity index (χ3v) is 4.60. The van der Waals surface area contributed by atoms with E-state index in [-0.39, 0.29) is 0 Å². The van der Waals surface area contributed by atoms with Crippen LogP contribution in [0.4, 0.5) is 0 Å². The van der Waals surface area contributed by atoms with E-state index in [1.54, 1.807) is 0 Å². The Hall–Kier alpha value is -1.50. The Morgan fingerprint density at radius 3 is 2.05 bits per heavy atom. The van der Waals surface area contributed by atoms with Crippen molar-refractivity contribution in [3.8, 4) is 0 Å². The van der Waals surface area contributed by atoms with Crippen LogP contribution in [0.1, 0.15) is 17.5 Å². The predicted octanol–water partition coefficient (Wildman–Crippen LogP) is 5.98. The normalized spacial score (nSPS) is 15.5. The molecule has 0 aliphatic heterocycles. The van der Waals surface area contributed by atoms with Gasteiger partial charge in [0, 0.05) is 0 Å². The molecule has 0 aromatic heterocycles. The number of hydrogen-bond acceptors (Lipinski definition) is 0. The molecule has 1 aliphatic rings. The highest BCUT2D eigenvalue weighted by Crippen LogP contribution is 2.40. The fraction of sp³-hybridized carbons (Fsp3) is 0.105. The summed E-state index contributed by atoms with van der Waals surface area (Å²) in [5, 5.41) is 1.35. The SMILES string of the molecule is ClC1=C(Cc2ccccc2)[CH]CC(c2ccccc2)=C1Cl. The van der Waals surface area contributed by atoms with E-state index in [9.17, 15) is 0 Å². The van der Waals surface area contributed by atoms with E-state index in [0.29, 0.717) is 10.1 Å². The van der Waals surface area contributed by atoms with Crippen LogP contribution < -0.4 is 0 Å². The van der Waals surface area contributed by atoms with E-state index >= 15 is 0 Å². The minimum atomic E-state index is 0.672. The fourth-order valence-electron chi connectivity index (χ4n) is 2.53. The Morgan fingerprint density at radius 1 is 0.762 bits per heavy atom. The number of benzene rings is 2. The number of rotatable bonds is 3. The summed E-state index contributed by atoms with van der Waals surface area (Å²) in [5.41, 5.74) is 4.58. The van der Waals surface area contributed by atoms with Crippen molar-refractivity contribution in [3.05, 3.63) is 93.8 Å². The Kier molecular flexibility index (Phi) is 4.48. The van der Waals surface area contributed by atoms with Crippen LogP contribution in [0.5, 0.6) is 0 Å². The molecule has 1 radical (unpaired) electrons. The molecule has 0 N–H and O–H groups in total. The summed E-state index contributed by atoms with van der Waals surface area (Å²) in [5.74, 6) is 0. The molecule has 2 aromatic carbocycles. The Morgan fingerprint density at radius 2 is 1.38 bits per heavy atom. The van der Waals surface area contributed by atoms with Crippen molar-refractivity contribution in [1.82, 2.24) is 0 Å². The molecule has 0 heterocycles. The lowest BCUT2D eigenvalue weighted by Crippen LogP contribution is -2.03. The number of allylic oxidation sites excluding steroid dienone is 4. The van der Waals surface area contributed by atoms with Gasteiger partial charge in [-0.25, -0.2) is 0 Å². The Bertz CT molecular complexity index is 682. The third kappa shape index (κ3) is 3.23. The molecule has 0 saturated carbocycles. The van der Waals surface area contributed by atoms with Gasteiger partial charge in [-0.1, -0.05) is 83.9 Å². The first-order valence-corrected chi connectivity index (χ1v) is 7.71. The van der Waals surface area contributed by atoms with Gasteiger partial charge in [-0.15, -0.1) is 0 Å². The number of halogens is 2. The van der Waals surface area contributed by atoms with Crippen LogP contribution in [-0.4, -0.2) is 0 Å². The van der Waals surface area contributed by atoms with Crippen molar-refractivity contribution in [3.63, 3.8) is 0 Å². The van der Waals surface area contributed by atoms with Crippen molar-refractivity contribution in [2.45, 2.75) is 12.8 Å². The maximum absolute atomic E-state index is 6.50. The van der Waals surface area contributed by atoms with Gasteiger partial charge < -0.3 is 0 Å². The van der Waals surface area contributed by atoms with Crippen molar-refractivity contribution in [1.29, 1.82) is 0 Å². The van der Waals surface area contributed by atoms with Crippen molar-refractivity contribution < 1.29 is 0 Å². The van der Waals surface area contributed by atoms with Crippen molar-refractivity contribution in [2.24, 2.45) is 0 Å². The molecular weight excluding hydrogens is 299 g/mol. The van der Waals surface area contributed by atoms with Gasteiger partial charge in [0.25, 0.3) is 0 Å². The Balaban J connectivity index is 1.91. The highest BCUT2D eigenvalue weighted by atomic mass is 35.5. The molecule has 0 nitrogen and oxygen atoms in total. The molecule has 2 aromatic rings. The van der Waals surface area contributed by atoms with Gasteiger partial charge in [-0.05, 0) is 41.5 Å². The summed E-state index contributed by atoms with van der Waals surface area (Å²) >= 11 is 13.0. The molecule has 0 spiro atoms. The maximum Gasteiger partial charge on any atom is 0.0630 e. The second-order valence-electron chi connectivity index (χ2n) is 5.07.